The first kappa shape index (κ1) is 19.4. The molecule has 0 radical (unpaired) electrons. The van der Waals surface area contributed by atoms with Gasteiger partial charge in [-0.1, -0.05) is 24.6 Å². The molecule has 0 saturated heterocycles. The molecule has 0 spiro atoms. The number of aliphatic hydroxyl groups excluding tert-OH is 1. The van der Waals surface area contributed by atoms with Crippen molar-refractivity contribution in [3.05, 3.63) is 41.0 Å². The Hall–Kier alpha value is -0.370. The summed E-state index contributed by atoms with van der Waals surface area (Å²) in [6.45, 7) is 2.21. The molecule has 4 rings (SSSR count). The number of aliphatic hydroxyl groups is 1. The molecule has 0 bridgehead atoms. The molecular weight excluding hydrogens is 351 g/mol. The first-order valence-electron chi connectivity index (χ1n) is 8.44. The fourth-order valence-corrected chi connectivity index (χ4v) is 5.42. The maximum Gasteiger partial charge on any atom is 1.00 e. The molecule has 7 heteroatoms. The van der Waals surface area contributed by atoms with E-state index in [1.165, 1.54) is 11.1 Å². The van der Waals surface area contributed by atoms with Gasteiger partial charge in [-0.15, -0.1) is 0 Å². The van der Waals surface area contributed by atoms with E-state index in [-0.39, 0.29) is 46.8 Å². The maximum absolute atomic E-state index is 10.8. The molecule has 25 heavy (non-hydrogen) atoms. The molecule has 5 nitrogen and oxygen atoms in total. The number of allylic oxidation sites excluding steroid dienone is 2. The fraction of sp³-hybridized carbons (Fsp3) is 0.556. The Morgan fingerprint density at radius 3 is 2.76 bits per heavy atom. The third-order valence-electron chi connectivity index (χ3n) is 6.31. The number of benzene rings is 1. The van der Waals surface area contributed by atoms with Crippen molar-refractivity contribution in [2.45, 2.75) is 51.0 Å². The zero-order chi connectivity index (χ0) is 17.1. The Kier molecular flexibility index (Phi) is 5.17. The molecule has 4 atom stereocenters. The molecular formula is C18H21NaO5S. The SMILES string of the molecule is CC12CCC3C(=CCc4cc(OS(=O)(=O)[O-])ccc43)C1CC[C@H]2O.[Na+]. The molecule has 130 valence electrons. The Bertz CT molecular complexity index is 819. The molecule has 0 amide bonds. The minimum atomic E-state index is -4.75. The largest absolute Gasteiger partial charge is 1.00 e. The summed E-state index contributed by atoms with van der Waals surface area (Å²) < 4.78 is 36.8. The fourth-order valence-electron chi connectivity index (χ4n) is 5.09. The predicted octanol–water partition coefficient (Wildman–Crippen LogP) is -0.333. The Morgan fingerprint density at radius 1 is 1.28 bits per heavy atom. The molecule has 1 aromatic carbocycles. The third-order valence-corrected chi connectivity index (χ3v) is 6.70. The average molecular weight is 372 g/mol. The first-order valence-corrected chi connectivity index (χ1v) is 9.77. The molecule has 2 saturated carbocycles. The second-order valence-corrected chi connectivity index (χ2v) is 8.49. The monoisotopic (exact) mass is 372 g/mol. The van der Waals surface area contributed by atoms with Crippen LogP contribution in [0.5, 0.6) is 5.75 Å². The second kappa shape index (κ2) is 6.66. The molecule has 1 aromatic rings. The molecule has 3 aliphatic carbocycles. The summed E-state index contributed by atoms with van der Waals surface area (Å²) in [5, 5.41) is 10.4. The van der Waals surface area contributed by atoms with Crippen molar-refractivity contribution < 1.29 is 51.8 Å². The summed E-state index contributed by atoms with van der Waals surface area (Å²) in [4.78, 5) is 0. The van der Waals surface area contributed by atoms with Crippen LogP contribution in [0.4, 0.5) is 0 Å². The van der Waals surface area contributed by atoms with Crippen molar-refractivity contribution in [1.82, 2.24) is 0 Å². The van der Waals surface area contributed by atoms with Gasteiger partial charge in [0.05, 0.1) is 6.10 Å². The third kappa shape index (κ3) is 3.33. The van der Waals surface area contributed by atoms with E-state index in [4.69, 9.17) is 0 Å². The van der Waals surface area contributed by atoms with E-state index in [1.807, 2.05) is 6.07 Å². The second-order valence-electron chi connectivity index (χ2n) is 7.50. The molecule has 0 aliphatic heterocycles. The molecule has 0 heterocycles. The number of rotatable bonds is 2. The summed E-state index contributed by atoms with van der Waals surface area (Å²) in [7, 11) is -4.75. The molecule has 1 N–H and O–H groups in total. The summed E-state index contributed by atoms with van der Waals surface area (Å²) in [5.41, 5.74) is 3.64. The van der Waals surface area contributed by atoms with Gasteiger partial charge in [0.1, 0.15) is 5.75 Å². The molecule has 3 unspecified atom stereocenters. The minimum Gasteiger partial charge on any atom is -0.716 e. The summed E-state index contributed by atoms with van der Waals surface area (Å²) in [6, 6.07) is 5.12. The van der Waals surface area contributed by atoms with Crippen LogP contribution in [0.15, 0.2) is 29.8 Å². The van der Waals surface area contributed by atoms with Crippen molar-refractivity contribution in [3.63, 3.8) is 0 Å². The quantitative estimate of drug-likeness (QED) is 0.332. The van der Waals surface area contributed by atoms with Gasteiger partial charge in [-0.3, -0.25) is 0 Å². The van der Waals surface area contributed by atoms with E-state index in [0.29, 0.717) is 18.3 Å². The van der Waals surface area contributed by atoms with Crippen LogP contribution < -0.4 is 33.7 Å². The van der Waals surface area contributed by atoms with Crippen LogP contribution in [0.25, 0.3) is 0 Å². The average Bonchev–Trinajstić information content (AvgIpc) is 2.81. The van der Waals surface area contributed by atoms with E-state index in [0.717, 1.165) is 31.2 Å². The normalized spacial score (nSPS) is 33.4. The van der Waals surface area contributed by atoms with Gasteiger partial charge in [-0.05, 0) is 61.3 Å². The smallest absolute Gasteiger partial charge is 0.716 e. The number of fused-ring (bicyclic) bond motifs is 5. The van der Waals surface area contributed by atoms with E-state index in [9.17, 15) is 18.1 Å². The van der Waals surface area contributed by atoms with Gasteiger partial charge in [0, 0.05) is 11.3 Å². The van der Waals surface area contributed by atoms with Crippen LogP contribution in [-0.2, 0) is 16.8 Å². The van der Waals surface area contributed by atoms with Crippen LogP contribution in [0, 0.1) is 11.3 Å². The molecule has 0 aromatic heterocycles. The van der Waals surface area contributed by atoms with Crippen molar-refractivity contribution in [1.29, 1.82) is 0 Å². The van der Waals surface area contributed by atoms with Gasteiger partial charge in [-0.2, -0.15) is 0 Å². The zero-order valence-electron chi connectivity index (χ0n) is 14.6. The zero-order valence-corrected chi connectivity index (χ0v) is 17.4. The van der Waals surface area contributed by atoms with E-state index >= 15 is 0 Å². The van der Waals surface area contributed by atoms with E-state index in [1.54, 1.807) is 12.1 Å². The van der Waals surface area contributed by atoms with Crippen LogP contribution in [0.1, 0.15) is 49.7 Å². The maximum atomic E-state index is 10.8. The van der Waals surface area contributed by atoms with Gasteiger partial charge in [-0.25, -0.2) is 8.42 Å². The Morgan fingerprint density at radius 2 is 2.04 bits per heavy atom. The van der Waals surface area contributed by atoms with E-state index < -0.39 is 10.4 Å². The standard InChI is InChI=1S/C18H22O5S.Na/c1-18-9-8-14-13-5-3-12(23-24(20,21)22)10-11(13)2-4-15(14)16(18)6-7-17(18)19;/h3-5,10,14,16-17,19H,2,6-9H2,1H3,(H,20,21,22);/q;+1/p-1/t14?,16?,17-,18?;/m1./s1. The minimum absolute atomic E-state index is 0. The van der Waals surface area contributed by atoms with Crippen LogP contribution in [0.2, 0.25) is 0 Å². The van der Waals surface area contributed by atoms with Crippen molar-refractivity contribution >= 4 is 10.4 Å². The Labute approximate surface area is 170 Å². The van der Waals surface area contributed by atoms with Crippen molar-refractivity contribution in [2.24, 2.45) is 11.3 Å². The Balaban J connectivity index is 0.00000182. The summed E-state index contributed by atoms with van der Waals surface area (Å²) in [5.74, 6) is 0.838. The van der Waals surface area contributed by atoms with Crippen LogP contribution in [-0.4, -0.2) is 24.2 Å². The summed E-state index contributed by atoms with van der Waals surface area (Å²) >= 11 is 0. The van der Waals surface area contributed by atoms with Gasteiger partial charge >= 0.3 is 29.6 Å². The van der Waals surface area contributed by atoms with Gasteiger partial charge < -0.3 is 13.8 Å². The van der Waals surface area contributed by atoms with Crippen LogP contribution in [0.3, 0.4) is 0 Å². The van der Waals surface area contributed by atoms with Gasteiger partial charge in [0.2, 0.25) is 0 Å². The number of hydrogen-bond donors (Lipinski definition) is 1. The molecule has 2 fully saturated rings. The van der Waals surface area contributed by atoms with Gasteiger partial charge in [0.25, 0.3) is 10.4 Å². The van der Waals surface area contributed by atoms with Crippen molar-refractivity contribution in [3.8, 4) is 5.75 Å². The topological polar surface area (TPSA) is 86.7 Å². The predicted molar refractivity (Wildman–Crippen MR) is 87.4 cm³/mol. The first-order chi connectivity index (χ1) is 11.3. The number of hydrogen-bond acceptors (Lipinski definition) is 5. The van der Waals surface area contributed by atoms with Gasteiger partial charge in [0.15, 0.2) is 0 Å². The van der Waals surface area contributed by atoms with E-state index in [2.05, 4.69) is 17.2 Å². The van der Waals surface area contributed by atoms with Crippen LogP contribution >= 0.6 is 0 Å². The molecule has 3 aliphatic rings. The van der Waals surface area contributed by atoms with Crippen molar-refractivity contribution in [2.75, 3.05) is 0 Å². The summed E-state index contributed by atoms with van der Waals surface area (Å²) in [6.07, 6.45) is 6.61.